The molecule has 3 nitrogen and oxygen atoms in total. The maximum absolute atomic E-state index is 12.0. The minimum atomic E-state index is -0.0247. The molecule has 2 rings (SSSR count). The molecule has 0 saturated carbocycles. The molecule has 0 radical (unpaired) electrons. The highest BCUT2D eigenvalue weighted by Crippen LogP contribution is 2.22. The normalized spacial score (nSPS) is 19.3. The van der Waals surface area contributed by atoms with E-state index in [4.69, 9.17) is 0 Å². The predicted molar refractivity (Wildman–Crippen MR) is 73.2 cm³/mol. The molecular weight excluding hydrogens is 280 g/mol. The lowest BCUT2D eigenvalue weighted by Gasteiger charge is -2.14. The van der Waals surface area contributed by atoms with E-state index in [0.29, 0.717) is 0 Å². The maximum Gasteiger partial charge on any atom is 0.241 e. The van der Waals surface area contributed by atoms with Gasteiger partial charge in [-0.3, -0.25) is 4.79 Å². The number of hydrogen-bond acceptors (Lipinski definition) is 2. The molecule has 1 aromatic carbocycles. The molecular formula is C13H17BrN2O. The zero-order valence-electron chi connectivity index (χ0n) is 9.92. The van der Waals surface area contributed by atoms with Crippen LogP contribution >= 0.6 is 15.9 Å². The van der Waals surface area contributed by atoms with E-state index in [9.17, 15) is 4.79 Å². The van der Waals surface area contributed by atoms with Gasteiger partial charge in [-0.05, 0) is 49.6 Å². The smallest absolute Gasteiger partial charge is 0.241 e. The number of rotatable bonds is 3. The molecule has 0 spiro atoms. The molecule has 1 amide bonds. The van der Waals surface area contributed by atoms with E-state index < -0.39 is 0 Å². The van der Waals surface area contributed by atoms with Crippen LogP contribution in [-0.2, 0) is 11.2 Å². The predicted octanol–water partition coefficient (Wildman–Crippen LogP) is 2.70. The van der Waals surface area contributed by atoms with Crippen LogP contribution in [0.2, 0.25) is 0 Å². The first-order valence-electron chi connectivity index (χ1n) is 6.03. The second-order valence-electron chi connectivity index (χ2n) is 4.29. The quantitative estimate of drug-likeness (QED) is 0.900. The van der Waals surface area contributed by atoms with Crippen LogP contribution in [0.3, 0.4) is 0 Å². The molecule has 1 aromatic rings. The molecule has 1 aliphatic rings. The van der Waals surface area contributed by atoms with Crippen LogP contribution in [0.1, 0.15) is 25.3 Å². The van der Waals surface area contributed by atoms with Crippen molar-refractivity contribution < 1.29 is 4.79 Å². The van der Waals surface area contributed by atoms with Crippen molar-refractivity contribution in [2.45, 2.75) is 32.2 Å². The molecule has 1 fully saturated rings. The first-order chi connectivity index (χ1) is 8.20. The van der Waals surface area contributed by atoms with Gasteiger partial charge in [0.05, 0.1) is 6.04 Å². The van der Waals surface area contributed by atoms with Crippen molar-refractivity contribution in [1.29, 1.82) is 0 Å². The Bertz CT molecular complexity index is 414. The number of hydrogen-bond donors (Lipinski definition) is 2. The Balaban J connectivity index is 2.09. The number of amides is 1. The van der Waals surface area contributed by atoms with Gasteiger partial charge < -0.3 is 10.6 Å². The van der Waals surface area contributed by atoms with Crippen molar-refractivity contribution >= 4 is 27.5 Å². The highest BCUT2D eigenvalue weighted by Gasteiger charge is 2.22. The van der Waals surface area contributed by atoms with Crippen molar-refractivity contribution in [3.05, 3.63) is 28.2 Å². The molecule has 0 aliphatic carbocycles. The summed E-state index contributed by atoms with van der Waals surface area (Å²) in [7, 11) is 0. The number of aryl methyl sites for hydroxylation is 1. The zero-order valence-corrected chi connectivity index (χ0v) is 11.5. The molecule has 1 atom stereocenters. The summed E-state index contributed by atoms with van der Waals surface area (Å²) in [4.78, 5) is 12.0. The van der Waals surface area contributed by atoms with E-state index >= 15 is 0 Å². The van der Waals surface area contributed by atoms with E-state index in [1.165, 1.54) is 0 Å². The zero-order chi connectivity index (χ0) is 12.3. The molecule has 4 heteroatoms. The first kappa shape index (κ1) is 12.6. The number of halogens is 1. The largest absolute Gasteiger partial charge is 0.324 e. The Morgan fingerprint density at radius 2 is 2.41 bits per heavy atom. The van der Waals surface area contributed by atoms with E-state index in [2.05, 4.69) is 39.6 Å². The van der Waals surface area contributed by atoms with E-state index in [-0.39, 0.29) is 11.9 Å². The van der Waals surface area contributed by atoms with E-state index in [1.54, 1.807) is 0 Å². The summed E-state index contributed by atoms with van der Waals surface area (Å²) in [5.41, 5.74) is 2.08. The molecule has 1 saturated heterocycles. The van der Waals surface area contributed by atoms with Gasteiger partial charge in [-0.15, -0.1) is 0 Å². The first-order valence-corrected chi connectivity index (χ1v) is 6.82. The average Bonchev–Trinajstić information content (AvgIpc) is 2.85. The fraction of sp³-hybridized carbons (Fsp3) is 0.462. The Hall–Kier alpha value is -0.870. The van der Waals surface area contributed by atoms with Crippen molar-refractivity contribution in [3.8, 4) is 0 Å². The van der Waals surface area contributed by atoms with Gasteiger partial charge in [0, 0.05) is 10.2 Å². The molecule has 0 bridgehead atoms. The minimum Gasteiger partial charge on any atom is -0.324 e. The van der Waals surface area contributed by atoms with Gasteiger partial charge in [0.1, 0.15) is 0 Å². The van der Waals surface area contributed by atoms with Gasteiger partial charge in [0.15, 0.2) is 0 Å². The summed E-state index contributed by atoms with van der Waals surface area (Å²) < 4.78 is 1.05. The monoisotopic (exact) mass is 296 g/mol. The number of carbonyl (C=O) groups is 1. The third kappa shape index (κ3) is 3.07. The third-order valence-electron chi connectivity index (χ3n) is 3.08. The molecule has 2 N–H and O–H groups in total. The van der Waals surface area contributed by atoms with Gasteiger partial charge in [0.2, 0.25) is 5.91 Å². The standard InChI is InChI=1S/C13H17BrN2O/c1-2-9-8-10(14)5-6-11(9)16-13(17)12-4-3-7-15-12/h5-6,8,12,15H,2-4,7H2,1H3,(H,16,17)/t12-/m1/s1. The lowest BCUT2D eigenvalue weighted by molar-refractivity contribution is -0.117. The molecule has 0 aromatic heterocycles. The van der Waals surface area contributed by atoms with Crippen molar-refractivity contribution in [2.24, 2.45) is 0 Å². The van der Waals surface area contributed by atoms with Crippen LogP contribution < -0.4 is 10.6 Å². The van der Waals surface area contributed by atoms with Crippen molar-refractivity contribution in [3.63, 3.8) is 0 Å². The van der Waals surface area contributed by atoms with Gasteiger partial charge >= 0.3 is 0 Å². The Morgan fingerprint density at radius 1 is 1.59 bits per heavy atom. The fourth-order valence-electron chi connectivity index (χ4n) is 2.10. The minimum absolute atomic E-state index is 0.0247. The van der Waals surface area contributed by atoms with Crippen molar-refractivity contribution in [2.75, 3.05) is 11.9 Å². The van der Waals surface area contributed by atoms with Crippen LogP contribution in [0.4, 0.5) is 5.69 Å². The number of nitrogens with one attached hydrogen (secondary N) is 2. The van der Waals surface area contributed by atoms with Crippen LogP contribution in [0, 0.1) is 0 Å². The Morgan fingerprint density at radius 3 is 3.06 bits per heavy atom. The van der Waals surface area contributed by atoms with Crippen LogP contribution in [0.5, 0.6) is 0 Å². The second kappa shape index (κ2) is 5.65. The molecule has 92 valence electrons. The van der Waals surface area contributed by atoms with Crippen LogP contribution in [0.25, 0.3) is 0 Å². The van der Waals surface area contributed by atoms with Gasteiger partial charge in [0.25, 0.3) is 0 Å². The number of benzene rings is 1. The van der Waals surface area contributed by atoms with Crippen LogP contribution in [-0.4, -0.2) is 18.5 Å². The highest BCUT2D eigenvalue weighted by molar-refractivity contribution is 9.10. The van der Waals surface area contributed by atoms with E-state index in [0.717, 1.165) is 41.5 Å². The van der Waals surface area contributed by atoms with Gasteiger partial charge in [-0.2, -0.15) is 0 Å². The third-order valence-corrected chi connectivity index (χ3v) is 3.58. The second-order valence-corrected chi connectivity index (χ2v) is 5.21. The number of anilines is 1. The molecule has 1 aliphatic heterocycles. The highest BCUT2D eigenvalue weighted by atomic mass is 79.9. The molecule has 17 heavy (non-hydrogen) atoms. The maximum atomic E-state index is 12.0. The van der Waals surface area contributed by atoms with Gasteiger partial charge in [-0.1, -0.05) is 22.9 Å². The topological polar surface area (TPSA) is 41.1 Å². The Labute approximate surface area is 110 Å². The van der Waals surface area contributed by atoms with Crippen molar-refractivity contribution in [1.82, 2.24) is 5.32 Å². The van der Waals surface area contributed by atoms with Gasteiger partial charge in [-0.25, -0.2) is 0 Å². The van der Waals surface area contributed by atoms with E-state index in [1.807, 2.05) is 12.1 Å². The fourth-order valence-corrected chi connectivity index (χ4v) is 2.51. The average molecular weight is 297 g/mol. The summed E-state index contributed by atoms with van der Waals surface area (Å²) in [6, 6.07) is 5.94. The summed E-state index contributed by atoms with van der Waals surface area (Å²) in [5, 5.41) is 6.21. The summed E-state index contributed by atoms with van der Waals surface area (Å²) in [6.45, 7) is 3.03. The molecule has 1 heterocycles. The van der Waals surface area contributed by atoms with Crippen LogP contribution in [0.15, 0.2) is 22.7 Å². The lowest BCUT2D eigenvalue weighted by atomic mass is 10.1. The lowest BCUT2D eigenvalue weighted by Crippen LogP contribution is -2.35. The summed E-state index contributed by atoms with van der Waals surface area (Å²) >= 11 is 3.44. The SMILES string of the molecule is CCc1cc(Br)ccc1NC(=O)[C@H]1CCCN1. The Kier molecular flexibility index (Phi) is 4.18. The number of carbonyl (C=O) groups excluding carboxylic acids is 1. The summed E-state index contributed by atoms with van der Waals surface area (Å²) in [6.07, 6.45) is 2.93. The summed E-state index contributed by atoms with van der Waals surface area (Å²) in [5.74, 6) is 0.0829. The molecule has 0 unspecified atom stereocenters.